The Morgan fingerprint density at radius 3 is 3.06 bits per heavy atom. The van der Waals surface area contributed by atoms with Gasteiger partial charge in [-0.2, -0.15) is 0 Å². The molecule has 3 nitrogen and oxygen atoms in total. The summed E-state index contributed by atoms with van der Waals surface area (Å²) in [5, 5.41) is 3.32. The van der Waals surface area contributed by atoms with Crippen molar-refractivity contribution in [2.45, 2.75) is 25.3 Å². The van der Waals surface area contributed by atoms with E-state index in [1.54, 1.807) is 6.20 Å². The molecule has 0 amide bonds. The first-order valence-corrected chi connectivity index (χ1v) is 7.27. The van der Waals surface area contributed by atoms with Crippen molar-refractivity contribution < 1.29 is 4.74 Å². The highest BCUT2D eigenvalue weighted by atomic mass is 127. The maximum absolute atomic E-state index is 5.70. The number of aryl methyl sites for hydroxylation is 1. The van der Waals surface area contributed by atoms with E-state index in [0.717, 1.165) is 25.3 Å². The molecular weight excluding hydrogens is 315 g/mol. The molecule has 0 spiro atoms. The molecule has 1 N–H and O–H groups in total. The Bertz CT molecular complexity index is 329. The summed E-state index contributed by atoms with van der Waals surface area (Å²) in [6.45, 7) is 1.89. The van der Waals surface area contributed by atoms with Gasteiger partial charge < -0.3 is 10.1 Å². The Morgan fingerprint density at radius 1 is 1.50 bits per heavy atom. The number of halogens is 1. The molecule has 0 radical (unpaired) electrons. The Balaban J connectivity index is 1.82. The molecular formula is C12H17IN2O. The molecule has 88 valence electrons. The number of nitrogens with one attached hydrogen (secondary N) is 1. The monoisotopic (exact) mass is 332 g/mol. The third kappa shape index (κ3) is 3.59. The molecule has 0 aliphatic carbocycles. The van der Waals surface area contributed by atoms with Crippen LogP contribution in [0.15, 0.2) is 18.5 Å². The van der Waals surface area contributed by atoms with Gasteiger partial charge in [0, 0.05) is 12.2 Å². The molecule has 1 aliphatic rings. The zero-order chi connectivity index (χ0) is 11.2. The second-order valence-electron chi connectivity index (χ2n) is 4.07. The van der Waals surface area contributed by atoms with Gasteiger partial charge in [0.05, 0.1) is 6.20 Å². The first kappa shape index (κ1) is 12.1. The summed E-state index contributed by atoms with van der Waals surface area (Å²) in [4.78, 5) is 4.21. The molecule has 0 aromatic carbocycles. The van der Waals surface area contributed by atoms with Crippen LogP contribution in [0, 0.1) is 0 Å². The summed E-state index contributed by atoms with van der Waals surface area (Å²) in [7, 11) is 0. The lowest BCUT2D eigenvalue weighted by molar-refractivity contribution is 0.217. The molecule has 4 heteroatoms. The summed E-state index contributed by atoms with van der Waals surface area (Å²) in [6.07, 6.45) is 7.25. The topological polar surface area (TPSA) is 34.1 Å². The van der Waals surface area contributed by atoms with Crippen molar-refractivity contribution in [3.8, 4) is 5.75 Å². The molecule has 2 heterocycles. The van der Waals surface area contributed by atoms with E-state index in [0.29, 0.717) is 6.04 Å². The van der Waals surface area contributed by atoms with Crippen LogP contribution in [0.4, 0.5) is 0 Å². The number of nitrogens with zero attached hydrogens (tertiary/aromatic N) is 1. The van der Waals surface area contributed by atoms with Crippen molar-refractivity contribution in [1.29, 1.82) is 0 Å². The van der Waals surface area contributed by atoms with Crippen LogP contribution in [0.5, 0.6) is 5.75 Å². The summed E-state index contributed by atoms with van der Waals surface area (Å²) in [5.74, 6) is 0.902. The third-order valence-corrected chi connectivity index (χ3v) is 3.51. The first-order chi connectivity index (χ1) is 7.88. The minimum atomic E-state index is 0.540. The fourth-order valence-corrected chi connectivity index (χ4v) is 2.02. The molecule has 0 bridgehead atoms. The molecule has 1 aromatic heterocycles. The van der Waals surface area contributed by atoms with Crippen LogP contribution >= 0.6 is 22.6 Å². The lowest BCUT2D eigenvalue weighted by Crippen LogP contribution is -2.46. The van der Waals surface area contributed by atoms with E-state index in [9.17, 15) is 0 Å². The van der Waals surface area contributed by atoms with E-state index in [2.05, 4.69) is 39.0 Å². The lowest BCUT2D eigenvalue weighted by atomic mass is 10.1. The molecule has 0 saturated carbocycles. The average Bonchev–Trinajstić information content (AvgIpc) is 2.25. The maximum atomic E-state index is 5.70. The molecule has 1 fully saturated rings. The van der Waals surface area contributed by atoms with Crippen molar-refractivity contribution >= 4 is 22.6 Å². The van der Waals surface area contributed by atoms with E-state index in [1.807, 2.05) is 6.20 Å². The quantitative estimate of drug-likeness (QED) is 0.641. The molecule has 1 aliphatic heterocycles. The zero-order valence-electron chi connectivity index (χ0n) is 9.29. The number of rotatable bonds is 6. The van der Waals surface area contributed by atoms with Crippen molar-refractivity contribution in [3.05, 3.63) is 24.0 Å². The lowest BCUT2D eigenvalue weighted by Gasteiger charge is -2.27. The molecule has 1 aromatic rings. The van der Waals surface area contributed by atoms with Crippen molar-refractivity contribution in [2.75, 3.05) is 17.6 Å². The van der Waals surface area contributed by atoms with Crippen LogP contribution in [0.25, 0.3) is 0 Å². The summed E-state index contributed by atoms with van der Waals surface area (Å²) >= 11 is 2.40. The van der Waals surface area contributed by atoms with Gasteiger partial charge in [-0.1, -0.05) is 22.6 Å². The number of alkyl halides is 1. The fraction of sp³-hybridized carbons (Fsp3) is 0.583. The van der Waals surface area contributed by atoms with Crippen LogP contribution in [0.2, 0.25) is 0 Å². The minimum absolute atomic E-state index is 0.540. The van der Waals surface area contributed by atoms with Crippen LogP contribution < -0.4 is 10.1 Å². The first-order valence-electron chi connectivity index (χ1n) is 5.74. The Labute approximate surface area is 110 Å². The largest absolute Gasteiger partial charge is 0.490 e. The fourth-order valence-electron chi connectivity index (χ4n) is 1.64. The average molecular weight is 332 g/mol. The van der Waals surface area contributed by atoms with Crippen LogP contribution in [-0.4, -0.2) is 28.6 Å². The predicted octanol–water partition coefficient (Wildman–Crippen LogP) is 2.19. The van der Waals surface area contributed by atoms with E-state index < -0.39 is 0 Å². The number of aromatic nitrogens is 1. The van der Waals surface area contributed by atoms with E-state index in [-0.39, 0.29) is 0 Å². The molecule has 1 atom stereocenters. The number of pyridine rings is 1. The predicted molar refractivity (Wildman–Crippen MR) is 73.3 cm³/mol. The molecule has 2 rings (SSSR count). The molecule has 1 saturated heterocycles. The Kier molecular flexibility index (Phi) is 4.84. The SMILES string of the molecule is ICCCc1cncc(OC[C@@H]2CCN2)c1. The van der Waals surface area contributed by atoms with E-state index in [4.69, 9.17) is 4.74 Å². The number of ether oxygens (including phenoxy) is 1. The van der Waals surface area contributed by atoms with Crippen LogP contribution in [0.3, 0.4) is 0 Å². The number of hydrogen-bond donors (Lipinski definition) is 1. The normalized spacial score (nSPS) is 19.2. The maximum Gasteiger partial charge on any atom is 0.137 e. The van der Waals surface area contributed by atoms with Crippen LogP contribution in [-0.2, 0) is 6.42 Å². The summed E-state index contributed by atoms with van der Waals surface area (Å²) < 4.78 is 6.89. The standard InChI is InChI=1S/C12H17IN2O/c13-4-1-2-10-6-12(8-14-7-10)16-9-11-3-5-15-11/h6-8,11,15H,1-5,9H2/t11-/m0/s1. The van der Waals surface area contributed by atoms with Gasteiger partial charge in [-0.3, -0.25) is 4.98 Å². The van der Waals surface area contributed by atoms with Crippen molar-refractivity contribution in [2.24, 2.45) is 0 Å². The van der Waals surface area contributed by atoms with Gasteiger partial charge in [-0.05, 0) is 41.9 Å². The highest BCUT2D eigenvalue weighted by Crippen LogP contribution is 2.14. The van der Waals surface area contributed by atoms with Gasteiger partial charge in [-0.25, -0.2) is 0 Å². The molecule has 16 heavy (non-hydrogen) atoms. The van der Waals surface area contributed by atoms with Crippen LogP contribution in [0.1, 0.15) is 18.4 Å². The second-order valence-corrected chi connectivity index (χ2v) is 5.15. The van der Waals surface area contributed by atoms with Gasteiger partial charge in [0.2, 0.25) is 0 Å². The highest BCUT2D eigenvalue weighted by Gasteiger charge is 2.16. The molecule has 0 unspecified atom stereocenters. The second kappa shape index (κ2) is 6.39. The van der Waals surface area contributed by atoms with E-state index in [1.165, 1.54) is 22.8 Å². The summed E-state index contributed by atoms with van der Waals surface area (Å²) in [5.41, 5.74) is 1.27. The summed E-state index contributed by atoms with van der Waals surface area (Å²) in [6, 6.07) is 2.65. The Morgan fingerprint density at radius 2 is 2.38 bits per heavy atom. The minimum Gasteiger partial charge on any atom is -0.490 e. The van der Waals surface area contributed by atoms with Gasteiger partial charge in [-0.15, -0.1) is 0 Å². The van der Waals surface area contributed by atoms with Crippen molar-refractivity contribution in [1.82, 2.24) is 10.3 Å². The smallest absolute Gasteiger partial charge is 0.137 e. The van der Waals surface area contributed by atoms with Gasteiger partial charge in [0.1, 0.15) is 12.4 Å². The third-order valence-electron chi connectivity index (χ3n) is 2.75. The van der Waals surface area contributed by atoms with Gasteiger partial charge in [0.25, 0.3) is 0 Å². The van der Waals surface area contributed by atoms with E-state index >= 15 is 0 Å². The van der Waals surface area contributed by atoms with Gasteiger partial charge in [0.15, 0.2) is 0 Å². The van der Waals surface area contributed by atoms with Gasteiger partial charge >= 0.3 is 0 Å². The zero-order valence-corrected chi connectivity index (χ0v) is 11.4. The highest BCUT2D eigenvalue weighted by molar-refractivity contribution is 14.1. The number of hydrogen-bond acceptors (Lipinski definition) is 3. The van der Waals surface area contributed by atoms with Crippen molar-refractivity contribution in [3.63, 3.8) is 0 Å². The Hall–Kier alpha value is -0.360.